The van der Waals surface area contributed by atoms with Gasteiger partial charge in [0.15, 0.2) is 22.4 Å². The van der Waals surface area contributed by atoms with Crippen molar-refractivity contribution in [3.05, 3.63) is 53.3 Å². The number of furan rings is 1. The van der Waals surface area contributed by atoms with Crippen molar-refractivity contribution in [3.8, 4) is 11.6 Å². The van der Waals surface area contributed by atoms with E-state index in [4.69, 9.17) is 4.42 Å². The minimum absolute atomic E-state index is 0.104. The second kappa shape index (κ2) is 8.99. The Kier molecular flexibility index (Phi) is 5.98. The fraction of sp³-hybridized carbons (Fsp3) is 0.316. The van der Waals surface area contributed by atoms with E-state index in [1.165, 1.54) is 20.8 Å². The van der Waals surface area contributed by atoms with Crippen LogP contribution in [0.2, 0.25) is 0 Å². The van der Waals surface area contributed by atoms with Crippen molar-refractivity contribution in [3.63, 3.8) is 0 Å². The van der Waals surface area contributed by atoms with E-state index < -0.39 is 0 Å². The lowest BCUT2D eigenvalue weighted by molar-refractivity contribution is -0.118. The molecule has 0 aliphatic rings. The molecule has 4 heterocycles. The Morgan fingerprint density at radius 1 is 1.23 bits per heavy atom. The predicted molar refractivity (Wildman–Crippen MR) is 111 cm³/mol. The molecule has 0 aliphatic heterocycles. The zero-order valence-electron chi connectivity index (χ0n) is 16.4. The molecule has 0 bridgehead atoms. The number of pyridine rings is 1. The van der Waals surface area contributed by atoms with Gasteiger partial charge in [-0.15, -0.1) is 15.3 Å². The van der Waals surface area contributed by atoms with Crippen LogP contribution >= 0.6 is 11.8 Å². The highest BCUT2D eigenvalue weighted by Crippen LogP contribution is 2.23. The molecule has 4 aromatic heterocycles. The van der Waals surface area contributed by atoms with E-state index in [0.29, 0.717) is 48.4 Å². The summed E-state index contributed by atoms with van der Waals surface area (Å²) in [5, 5.41) is 16.1. The van der Waals surface area contributed by atoms with Crippen LogP contribution < -0.4 is 11.0 Å². The maximum atomic E-state index is 12.2. The molecule has 1 amide bonds. The van der Waals surface area contributed by atoms with Crippen molar-refractivity contribution >= 4 is 23.3 Å². The maximum Gasteiger partial charge on any atom is 0.350 e. The van der Waals surface area contributed by atoms with Crippen LogP contribution in [0.25, 0.3) is 17.2 Å². The molecule has 30 heavy (non-hydrogen) atoms. The zero-order valence-corrected chi connectivity index (χ0v) is 17.2. The van der Waals surface area contributed by atoms with Gasteiger partial charge in [-0.05, 0) is 37.6 Å². The number of thioether (sulfide) groups is 1. The Hall–Kier alpha value is -3.34. The summed E-state index contributed by atoms with van der Waals surface area (Å²) in [4.78, 5) is 24.4. The summed E-state index contributed by atoms with van der Waals surface area (Å²) in [5.74, 6) is 1.41. The number of carbonyl (C=O) groups is 1. The third-order valence-corrected chi connectivity index (χ3v) is 5.43. The SMILES string of the molecule is CCn1c(SCC(=O)NCCCn2nc3ccccn3c2=O)nnc1-c1ccco1. The number of carbonyl (C=O) groups excluding carboxylic acids is 1. The van der Waals surface area contributed by atoms with E-state index in [1.807, 2.05) is 23.6 Å². The summed E-state index contributed by atoms with van der Waals surface area (Å²) >= 11 is 1.32. The van der Waals surface area contributed by atoms with Gasteiger partial charge in [-0.2, -0.15) is 0 Å². The third-order valence-electron chi connectivity index (χ3n) is 4.46. The summed E-state index contributed by atoms with van der Waals surface area (Å²) in [5.41, 5.74) is 0.427. The molecule has 10 nitrogen and oxygen atoms in total. The summed E-state index contributed by atoms with van der Waals surface area (Å²) in [7, 11) is 0. The second-order valence-corrected chi connectivity index (χ2v) is 7.40. The Morgan fingerprint density at radius 2 is 2.13 bits per heavy atom. The molecule has 0 spiro atoms. The quantitative estimate of drug-likeness (QED) is 0.319. The summed E-state index contributed by atoms with van der Waals surface area (Å²) in [6.45, 7) is 3.55. The first-order valence-corrected chi connectivity index (χ1v) is 10.6. The van der Waals surface area contributed by atoms with E-state index in [1.54, 1.807) is 30.7 Å². The number of hydrogen-bond acceptors (Lipinski definition) is 7. The Bertz CT molecular complexity index is 1190. The molecular weight excluding hydrogens is 406 g/mol. The molecule has 0 aromatic carbocycles. The number of hydrogen-bond donors (Lipinski definition) is 1. The second-order valence-electron chi connectivity index (χ2n) is 6.45. The first-order chi connectivity index (χ1) is 14.7. The van der Waals surface area contributed by atoms with Gasteiger partial charge in [0, 0.05) is 25.8 Å². The van der Waals surface area contributed by atoms with Crippen LogP contribution in [0.15, 0.2) is 57.2 Å². The van der Waals surface area contributed by atoms with E-state index in [0.717, 1.165) is 0 Å². The summed E-state index contributed by atoms with van der Waals surface area (Å²) < 4.78 is 10.2. The number of nitrogens with zero attached hydrogens (tertiary/aromatic N) is 6. The molecule has 0 radical (unpaired) electrons. The van der Waals surface area contributed by atoms with Crippen LogP contribution in [0.1, 0.15) is 13.3 Å². The largest absolute Gasteiger partial charge is 0.461 e. The van der Waals surface area contributed by atoms with Crippen molar-refractivity contribution in [2.24, 2.45) is 0 Å². The van der Waals surface area contributed by atoms with Crippen molar-refractivity contribution in [2.45, 2.75) is 31.6 Å². The molecule has 1 N–H and O–H groups in total. The topological polar surface area (TPSA) is 112 Å². The van der Waals surface area contributed by atoms with Crippen LogP contribution in [0.5, 0.6) is 0 Å². The first kappa shape index (κ1) is 20.0. The van der Waals surface area contributed by atoms with Gasteiger partial charge in [0.1, 0.15) is 0 Å². The van der Waals surface area contributed by atoms with Gasteiger partial charge in [0.2, 0.25) is 5.91 Å². The molecule has 156 valence electrons. The highest BCUT2D eigenvalue weighted by Gasteiger charge is 2.16. The van der Waals surface area contributed by atoms with Gasteiger partial charge in [-0.25, -0.2) is 9.48 Å². The van der Waals surface area contributed by atoms with Gasteiger partial charge < -0.3 is 9.73 Å². The Morgan fingerprint density at radius 3 is 2.90 bits per heavy atom. The molecular formula is C19H21N7O3S. The highest BCUT2D eigenvalue weighted by molar-refractivity contribution is 7.99. The highest BCUT2D eigenvalue weighted by atomic mass is 32.2. The molecule has 0 atom stereocenters. The zero-order chi connectivity index (χ0) is 20.9. The summed E-state index contributed by atoms with van der Waals surface area (Å²) in [6, 6.07) is 9.02. The monoisotopic (exact) mass is 427 g/mol. The number of fused-ring (bicyclic) bond motifs is 1. The van der Waals surface area contributed by atoms with Crippen LogP contribution in [0.3, 0.4) is 0 Å². The van der Waals surface area contributed by atoms with Gasteiger partial charge in [0.25, 0.3) is 0 Å². The van der Waals surface area contributed by atoms with Gasteiger partial charge >= 0.3 is 5.69 Å². The minimum Gasteiger partial charge on any atom is -0.461 e. The Labute approximate surface area is 175 Å². The predicted octanol–water partition coefficient (Wildman–Crippen LogP) is 1.67. The van der Waals surface area contributed by atoms with Gasteiger partial charge in [-0.3, -0.25) is 13.8 Å². The number of aryl methyl sites for hydroxylation is 1. The number of amides is 1. The summed E-state index contributed by atoms with van der Waals surface area (Å²) in [6.07, 6.45) is 3.88. The number of aromatic nitrogens is 6. The van der Waals surface area contributed by atoms with Crippen LogP contribution in [-0.4, -0.2) is 47.2 Å². The number of rotatable bonds is 9. The average Bonchev–Trinajstić information content (AvgIpc) is 3.49. The Balaban J connectivity index is 1.25. The molecule has 11 heteroatoms. The third kappa shape index (κ3) is 4.15. The van der Waals surface area contributed by atoms with Crippen molar-refractivity contribution < 1.29 is 9.21 Å². The van der Waals surface area contributed by atoms with E-state index in [-0.39, 0.29) is 17.3 Å². The lowest BCUT2D eigenvalue weighted by Crippen LogP contribution is -2.28. The molecule has 4 rings (SSSR count). The molecule has 0 fully saturated rings. The minimum atomic E-state index is -0.182. The van der Waals surface area contributed by atoms with E-state index in [2.05, 4.69) is 20.6 Å². The van der Waals surface area contributed by atoms with Gasteiger partial charge in [-0.1, -0.05) is 17.8 Å². The van der Waals surface area contributed by atoms with Crippen LogP contribution in [0.4, 0.5) is 0 Å². The molecule has 0 saturated heterocycles. The van der Waals surface area contributed by atoms with Crippen LogP contribution in [-0.2, 0) is 17.9 Å². The molecule has 0 aliphatic carbocycles. The van der Waals surface area contributed by atoms with Crippen molar-refractivity contribution in [2.75, 3.05) is 12.3 Å². The lowest BCUT2D eigenvalue weighted by atomic mass is 10.4. The van der Waals surface area contributed by atoms with E-state index in [9.17, 15) is 9.59 Å². The van der Waals surface area contributed by atoms with Crippen molar-refractivity contribution in [1.29, 1.82) is 0 Å². The normalized spacial score (nSPS) is 11.2. The van der Waals surface area contributed by atoms with Crippen LogP contribution in [0, 0.1) is 0 Å². The smallest absolute Gasteiger partial charge is 0.350 e. The van der Waals surface area contributed by atoms with Crippen molar-refractivity contribution in [1.82, 2.24) is 34.3 Å². The van der Waals surface area contributed by atoms with Gasteiger partial charge in [0.05, 0.1) is 12.0 Å². The first-order valence-electron chi connectivity index (χ1n) is 9.58. The average molecular weight is 427 g/mol. The maximum absolute atomic E-state index is 12.2. The molecule has 4 aromatic rings. The van der Waals surface area contributed by atoms with E-state index >= 15 is 0 Å². The fourth-order valence-electron chi connectivity index (χ4n) is 3.02. The molecule has 0 saturated carbocycles. The lowest BCUT2D eigenvalue weighted by Gasteiger charge is -2.07. The standard InChI is InChI=1S/C19H21N7O3S/c1-2-24-17(14-7-5-12-29-14)21-22-18(24)30-13-16(27)20-9-6-11-26-19(28)25-10-4-3-8-15(25)23-26/h3-5,7-8,10,12H,2,6,9,11,13H2,1H3,(H,20,27). The number of nitrogens with one attached hydrogen (secondary N) is 1. The molecule has 0 unspecified atom stereocenters. The fourth-order valence-corrected chi connectivity index (χ4v) is 3.85.